The van der Waals surface area contributed by atoms with Crippen LogP contribution in [-0.2, 0) is 12.7 Å². The Balaban J connectivity index is 2.22. The van der Waals surface area contributed by atoms with Crippen LogP contribution in [0.3, 0.4) is 0 Å². The molecule has 0 aliphatic heterocycles. The topological polar surface area (TPSA) is 100 Å². The lowest BCUT2D eigenvalue weighted by molar-refractivity contribution is -0.137. The number of rotatable bonds is 7. The van der Waals surface area contributed by atoms with Gasteiger partial charge in [0, 0.05) is 18.8 Å². The summed E-state index contributed by atoms with van der Waals surface area (Å²) >= 11 is 1.09. The second-order valence-corrected chi connectivity index (χ2v) is 6.68. The number of amides is 1. The van der Waals surface area contributed by atoms with E-state index < -0.39 is 17.6 Å². The van der Waals surface area contributed by atoms with Gasteiger partial charge >= 0.3 is 6.18 Å². The van der Waals surface area contributed by atoms with Gasteiger partial charge in [0.2, 0.25) is 0 Å². The van der Waals surface area contributed by atoms with E-state index in [1.807, 2.05) is 0 Å². The van der Waals surface area contributed by atoms with Crippen molar-refractivity contribution in [3.8, 4) is 0 Å². The zero-order valence-electron chi connectivity index (χ0n) is 13.9. The van der Waals surface area contributed by atoms with Crippen LogP contribution in [0.15, 0.2) is 24.4 Å². The van der Waals surface area contributed by atoms with Crippen molar-refractivity contribution in [2.45, 2.75) is 25.7 Å². The summed E-state index contributed by atoms with van der Waals surface area (Å²) < 4.78 is 39.3. The van der Waals surface area contributed by atoms with E-state index in [4.69, 9.17) is 10.8 Å². The summed E-state index contributed by atoms with van der Waals surface area (Å²) in [6.07, 6.45) is -3.20. The van der Waals surface area contributed by atoms with E-state index in [2.05, 4.69) is 15.6 Å². The Morgan fingerprint density at radius 1 is 1.38 bits per heavy atom. The van der Waals surface area contributed by atoms with Crippen molar-refractivity contribution in [2.75, 3.05) is 18.5 Å². The van der Waals surface area contributed by atoms with Gasteiger partial charge in [-0.2, -0.15) is 13.2 Å². The highest BCUT2D eigenvalue weighted by atomic mass is 32.1. The summed E-state index contributed by atoms with van der Waals surface area (Å²) in [4.78, 5) is 16.6. The first kappa shape index (κ1) is 20.3. The second kappa shape index (κ2) is 8.58. The molecule has 1 aromatic carbocycles. The zero-order valence-corrected chi connectivity index (χ0v) is 14.7. The first-order chi connectivity index (χ1) is 12.2. The third kappa shape index (κ3) is 5.49. The Kier molecular flexibility index (Phi) is 6.70. The number of aliphatic hydroxyl groups excluding tert-OH is 1. The molecule has 0 spiro atoms. The third-order valence-electron chi connectivity index (χ3n) is 3.33. The summed E-state index contributed by atoms with van der Waals surface area (Å²) in [5.74, 6) is -0.553. The number of nitrogens with two attached hydrogens (primary N) is 1. The molecule has 0 fully saturated rings. The van der Waals surface area contributed by atoms with E-state index >= 15 is 0 Å². The van der Waals surface area contributed by atoms with Crippen molar-refractivity contribution >= 4 is 22.9 Å². The third-order valence-corrected chi connectivity index (χ3v) is 4.53. The monoisotopic (exact) mass is 388 g/mol. The van der Waals surface area contributed by atoms with Gasteiger partial charge in [-0.15, -0.1) is 11.3 Å². The minimum atomic E-state index is -4.54. The number of hydrogen-bond donors (Lipinski definition) is 4. The van der Waals surface area contributed by atoms with Crippen molar-refractivity contribution in [2.24, 2.45) is 5.73 Å². The molecule has 142 valence electrons. The molecular weight excluding hydrogens is 369 g/mol. The number of halogens is 3. The molecule has 5 N–H and O–H groups in total. The molecule has 1 unspecified atom stereocenters. The van der Waals surface area contributed by atoms with Crippen molar-refractivity contribution in [1.29, 1.82) is 0 Å². The van der Waals surface area contributed by atoms with Crippen molar-refractivity contribution in [3.05, 3.63) is 45.4 Å². The number of hydrogen-bond acceptors (Lipinski definition) is 6. The minimum absolute atomic E-state index is 0.0290. The lowest BCUT2D eigenvalue weighted by atomic mass is 10.1. The predicted molar refractivity (Wildman–Crippen MR) is 92.9 cm³/mol. The maximum absolute atomic E-state index is 13.1. The first-order valence-electron chi connectivity index (χ1n) is 7.76. The Bertz CT molecular complexity index is 762. The van der Waals surface area contributed by atoms with Gasteiger partial charge in [0.05, 0.1) is 24.4 Å². The second-order valence-electron chi connectivity index (χ2n) is 5.62. The molecule has 0 bridgehead atoms. The van der Waals surface area contributed by atoms with Gasteiger partial charge in [-0.25, -0.2) is 4.98 Å². The normalized spacial score (nSPS) is 12.8. The van der Waals surface area contributed by atoms with E-state index in [1.54, 1.807) is 6.92 Å². The SMILES string of the molecule is CC(N)c1ncc(C(=O)Nc2cc(CNCCO)cc(C(F)(F)F)c2)s1. The summed E-state index contributed by atoms with van der Waals surface area (Å²) in [7, 11) is 0. The molecule has 2 aromatic rings. The van der Waals surface area contributed by atoms with E-state index in [9.17, 15) is 18.0 Å². The van der Waals surface area contributed by atoms with Gasteiger partial charge in [0.25, 0.3) is 5.91 Å². The molecule has 0 radical (unpaired) electrons. The maximum Gasteiger partial charge on any atom is 0.416 e. The van der Waals surface area contributed by atoms with E-state index in [0.717, 1.165) is 23.5 Å². The van der Waals surface area contributed by atoms with E-state index in [0.29, 0.717) is 10.6 Å². The summed E-state index contributed by atoms with van der Waals surface area (Å²) in [6, 6.07) is 2.99. The van der Waals surface area contributed by atoms with Crippen LogP contribution in [0.25, 0.3) is 0 Å². The molecule has 1 heterocycles. The highest BCUT2D eigenvalue weighted by molar-refractivity contribution is 7.13. The Morgan fingerprint density at radius 3 is 2.69 bits per heavy atom. The molecule has 26 heavy (non-hydrogen) atoms. The van der Waals surface area contributed by atoms with Gasteiger partial charge < -0.3 is 21.5 Å². The lowest BCUT2D eigenvalue weighted by Gasteiger charge is -2.13. The average Bonchev–Trinajstić information content (AvgIpc) is 3.04. The minimum Gasteiger partial charge on any atom is -0.395 e. The number of anilines is 1. The van der Waals surface area contributed by atoms with Crippen LogP contribution in [0.5, 0.6) is 0 Å². The van der Waals surface area contributed by atoms with Crippen molar-refractivity contribution in [1.82, 2.24) is 10.3 Å². The van der Waals surface area contributed by atoms with Gasteiger partial charge in [-0.3, -0.25) is 4.79 Å². The number of nitrogens with zero attached hydrogens (tertiary/aromatic N) is 1. The van der Waals surface area contributed by atoms with Crippen LogP contribution in [0, 0.1) is 0 Å². The van der Waals surface area contributed by atoms with Crippen LogP contribution in [0.4, 0.5) is 18.9 Å². The highest BCUT2D eigenvalue weighted by Gasteiger charge is 2.31. The fourth-order valence-corrected chi connectivity index (χ4v) is 2.90. The molecule has 0 aliphatic rings. The standard InChI is InChI=1S/C16H19F3N4O2S/c1-9(20)15-22-8-13(26-15)14(25)23-12-5-10(7-21-2-3-24)4-11(6-12)16(17,18)19/h4-6,8-9,21,24H,2-3,7,20H2,1H3,(H,23,25). The molecule has 2 rings (SSSR count). The molecule has 1 aromatic heterocycles. The van der Waals surface area contributed by atoms with Crippen molar-refractivity contribution < 1.29 is 23.1 Å². The Morgan fingerprint density at radius 2 is 2.12 bits per heavy atom. The van der Waals surface area contributed by atoms with Crippen LogP contribution in [0.1, 0.15) is 38.8 Å². The molecule has 6 nitrogen and oxygen atoms in total. The maximum atomic E-state index is 13.1. The number of aliphatic hydroxyl groups is 1. The van der Waals surface area contributed by atoms with Crippen molar-refractivity contribution in [3.63, 3.8) is 0 Å². The summed E-state index contributed by atoms with van der Waals surface area (Å²) in [6.45, 7) is 1.97. The summed E-state index contributed by atoms with van der Waals surface area (Å²) in [5.41, 5.74) is 5.19. The Labute approximate surface area is 152 Å². The van der Waals surface area contributed by atoms with Crippen LogP contribution in [0.2, 0.25) is 0 Å². The summed E-state index contributed by atoms with van der Waals surface area (Å²) in [5, 5.41) is 14.6. The molecule has 0 saturated heterocycles. The van der Waals surface area contributed by atoms with Crippen LogP contribution in [-0.4, -0.2) is 29.1 Å². The molecule has 10 heteroatoms. The molecule has 1 amide bonds. The fraction of sp³-hybridized carbons (Fsp3) is 0.375. The number of alkyl halides is 3. The van der Waals surface area contributed by atoms with Gasteiger partial charge in [0.1, 0.15) is 9.88 Å². The lowest BCUT2D eigenvalue weighted by Crippen LogP contribution is -2.19. The van der Waals surface area contributed by atoms with Gasteiger partial charge in [-0.05, 0) is 30.7 Å². The molecule has 0 aliphatic carbocycles. The first-order valence-corrected chi connectivity index (χ1v) is 8.57. The number of benzene rings is 1. The molecule has 1 atom stereocenters. The molecular formula is C16H19F3N4O2S. The van der Waals surface area contributed by atoms with E-state index in [1.165, 1.54) is 12.3 Å². The highest BCUT2D eigenvalue weighted by Crippen LogP contribution is 2.32. The van der Waals surface area contributed by atoms with Crippen LogP contribution < -0.4 is 16.4 Å². The smallest absolute Gasteiger partial charge is 0.395 e. The van der Waals surface area contributed by atoms with Gasteiger partial charge in [-0.1, -0.05) is 0 Å². The Hall–Kier alpha value is -2.01. The average molecular weight is 388 g/mol. The number of nitrogens with one attached hydrogen (secondary N) is 2. The van der Waals surface area contributed by atoms with Gasteiger partial charge in [0.15, 0.2) is 0 Å². The number of thiazole rings is 1. The largest absolute Gasteiger partial charge is 0.416 e. The number of carbonyl (C=O) groups excluding carboxylic acids is 1. The fourth-order valence-electron chi connectivity index (χ4n) is 2.14. The number of carbonyl (C=O) groups is 1. The predicted octanol–water partition coefficient (Wildman–Crippen LogP) is 2.52. The quantitative estimate of drug-likeness (QED) is 0.546. The molecule has 0 saturated carbocycles. The van der Waals surface area contributed by atoms with E-state index in [-0.39, 0.29) is 36.3 Å². The van der Waals surface area contributed by atoms with Crippen LogP contribution >= 0.6 is 11.3 Å². The number of aromatic nitrogens is 1. The zero-order chi connectivity index (χ0) is 19.3.